The van der Waals surface area contributed by atoms with Gasteiger partial charge in [-0.2, -0.15) is 0 Å². The van der Waals surface area contributed by atoms with Gasteiger partial charge in [0.05, 0.1) is 0 Å². The van der Waals surface area contributed by atoms with Crippen LogP contribution in [0.3, 0.4) is 0 Å². The highest BCUT2D eigenvalue weighted by Crippen LogP contribution is 2.41. The Morgan fingerprint density at radius 2 is 1.26 bits per heavy atom. The van der Waals surface area contributed by atoms with Crippen molar-refractivity contribution in [3.63, 3.8) is 0 Å². The molecule has 0 N–H and O–H groups in total. The van der Waals surface area contributed by atoms with E-state index in [0.717, 1.165) is 38.8 Å². The molecule has 190 valence electrons. The fourth-order valence-electron chi connectivity index (χ4n) is 8.63. The summed E-state index contributed by atoms with van der Waals surface area (Å²) in [6, 6.07) is 0.921. The molecule has 0 aromatic rings. The second-order valence-electron chi connectivity index (χ2n) is 12.5. The fourth-order valence-corrected chi connectivity index (χ4v) is 8.63. The zero-order valence-electron chi connectivity index (χ0n) is 21.8. The topological polar surface area (TPSA) is 40.6 Å². The maximum Gasteiger partial charge on any atom is 0.141 e. The third kappa shape index (κ3) is 4.96. The molecule has 0 amide bonds. The van der Waals surface area contributed by atoms with E-state index in [0.29, 0.717) is 35.5 Å². The molecule has 0 spiro atoms. The van der Waals surface area contributed by atoms with Gasteiger partial charge in [0, 0.05) is 48.8 Å². The predicted octanol–water partition coefficient (Wildman–Crippen LogP) is 5.51. The minimum Gasteiger partial charge on any atom is -0.299 e. The average Bonchev–Trinajstić information content (AvgIpc) is 2.82. The lowest BCUT2D eigenvalue weighted by molar-refractivity contribution is -0.138. The van der Waals surface area contributed by atoms with Crippen molar-refractivity contribution < 1.29 is 9.59 Å². The van der Waals surface area contributed by atoms with Gasteiger partial charge in [0.25, 0.3) is 0 Å². The molecular weight excluding hydrogens is 420 g/mol. The maximum atomic E-state index is 13.3. The highest BCUT2D eigenvalue weighted by Gasteiger charge is 2.46. The molecule has 0 aromatic heterocycles. The van der Waals surface area contributed by atoms with Gasteiger partial charge in [-0.3, -0.25) is 19.4 Å². The molecule has 0 radical (unpaired) electrons. The van der Waals surface area contributed by atoms with Gasteiger partial charge >= 0.3 is 0 Å². The Bertz CT molecular complexity index is 763. The number of nitrogens with zero attached hydrogens (tertiary/aromatic N) is 2. The number of hydrogen-bond donors (Lipinski definition) is 0. The third-order valence-electron chi connectivity index (χ3n) is 10.2. The fraction of sp³-hybridized carbons (Fsp3) is 0.867. The predicted molar refractivity (Wildman–Crippen MR) is 138 cm³/mol. The van der Waals surface area contributed by atoms with Crippen molar-refractivity contribution in [3.8, 4) is 0 Å². The molecule has 34 heavy (non-hydrogen) atoms. The maximum absolute atomic E-state index is 13.3. The second-order valence-corrected chi connectivity index (χ2v) is 12.5. The summed E-state index contributed by atoms with van der Waals surface area (Å²) in [7, 11) is 0. The van der Waals surface area contributed by atoms with Crippen molar-refractivity contribution in [1.29, 1.82) is 0 Å². The summed E-state index contributed by atoms with van der Waals surface area (Å²) in [5.41, 5.74) is 0. The Balaban J connectivity index is 1.34. The number of piperidine rings is 4. The molecule has 5 aliphatic rings. The van der Waals surface area contributed by atoms with Crippen LogP contribution in [0.2, 0.25) is 0 Å². The molecule has 0 bridgehead atoms. The van der Waals surface area contributed by atoms with Crippen LogP contribution in [0.4, 0.5) is 0 Å². The lowest BCUT2D eigenvalue weighted by atomic mass is 9.69. The van der Waals surface area contributed by atoms with Crippen LogP contribution in [-0.4, -0.2) is 59.6 Å². The van der Waals surface area contributed by atoms with Crippen molar-refractivity contribution in [1.82, 2.24) is 9.80 Å². The van der Waals surface area contributed by atoms with E-state index in [4.69, 9.17) is 0 Å². The van der Waals surface area contributed by atoms with Crippen LogP contribution in [0.1, 0.15) is 90.9 Å². The number of ketones is 2. The van der Waals surface area contributed by atoms with E-state index in [1.54, 1.807) is 0 Å². The third-order valence-corrected chi connectivity index (χ3v) is 10.2. The Hall–Kier alpha value is -1.00. The minimum absolute atomic E-state index is 0.200. The number of rotatable bonds is 0. The van der Waals surface area contributed by atoms with Gasteiger partial charge in [0.2, 0.25) is 0 Å². The number of allylic oxidation sites excluding steroid dienone is 1. The van der Waals surface area contributed by atoms with E-state index >= 15 is 0 Å². The Morgan fingerprint density at radius 3 is 2.03 bits per heavy atom. The van der Waals surface area contributed by atoms with Crippen molar-refractivity contribution in [2.24, 2.45) is 35.5 Å². The minimum atomic E-state index is 0.200. The summed E-state index contributed by atoms with van der Waals surface area (Å²) in [6.45, 7) is 8.64. The quantitative estimate of drug-likeness (QED) is 0.440. The van der Waals surface area contributed by atoms with E-state index in [1.165, 1.54) is 64.5 Å². The molecule has 4 aliphatic heterocycles. The first-order valence-electron chi connectivity index (χ1n) is 14.8. The first-order chi connectivity index (χ1) is 16.5. The molecule has 4 heteroatoms. The standard InChI is InChI=1S/C30H48N2O2/c1-21-19-31-17-9-13-23-11-6-4-8-16-26-28-24(14-10-18-32(28)20-22(2)30(26)34)12-5-3-7-15-25(27(23)31)29(21)33/h5,12,21-28H,3-4,6-11,13-20H2,1-2H3/b12-5+/t21-,22-,23+,24+,25-,26-,27+,28+/m1/s1. The largest absolute Gasteiger partial charge is 0.299 e. The van der Waals surface area contributed by atoms with Gasteiger partial charge < -0.3 is 0 Å². The molecule has 5 rings (SSSR count). The van der Waals surface area contributed by atoms with Gasteiger partial charge in [-0.25, -0.2) is 0 Å². The second kappa shape index (κ2) is 10.9. The zero-order valence-corrected chi connectivity index (χ0v) is 21.8. The highest BCUT2D eigenvalue weighted by molar-refractivity contribution is 5.85. The molecule has 4 heterocycles. The van der Waals surface area contributed by atoms with Crippen molar-refractivity contribution in [3.05, 3.63) is 12.2 Å². The number of hydrogen-bond acceptors (Lipinski definition) is 4. The summed E-state index contributed by atoms with van der Waals surface area (Å²) in [5, 5.41) is 0. The molecule has 8 atom stereocenters. The summed E-state index contributed by atoms with van der Waals surface area (Å²) >= 11 is 0. The van der Waals surface area contributed by atoms with Gasteiger partial charge in [0.15, 0.2) is 0 Å². The SMILES string of the molecule is C[C@@H]1CN2CCC[C@@H]3CCCCC[C@H]4C(=O)[C@H](C)CN5CCC[C@H](/C=C/CCC[C@@H](C1=O)[C@H]32)[C@@H]45. The van der Waals surface area contributed by atoms with Crippen LogP contribution in [-0.2, 0) is 9.59 Å². The van der Waals surface area contributed by atoms with Gasteiger partial charge in [-0.05, 0) is 82.7 Å². The molecular formula is C30H48N2O2. The molecule has 0 unspecified atom stereocenters. The summed E-state index contributed by atoms with van der Waals surface area (Å²) in [4.78, 5) is 32.0. The van der Waals surface area contributed by atoms with Crippen LogP contribution in [0.5, 0.6) is 0 Å². The van der Waals surface area contributed by atoms with E-state index in [1.807, 2.05) is 0 Å². The van der Waals surface area contributed by atoms with E-state index in [9.17, 15) is 9.59 Å². The van der Waals surface area contributed by atoms with Gasteiger partial charge in [-0.15, -0.1) is 0 Å². The molecule has 1 aliphatic carbocycles. The Labute approximate surface area is 207 Å². The van der Waals surface area contributed by atoms with E-state index < -0.39 is 0 Å². The molecule has 0 aromatic carbocycles. The molecule has 4 fully saturated rings. The normalized spacial score (nSPS) is 44.2. The molecule has 4 saturated heterocycles. The first kappa shape index (κ1) is 24.7. The van der Waals surface area contributed by atoms with Crippen LogP contribution in [0.25, 0.3) is 0 Å². The first-order valence-corrected chi connectivity index (χ1v) is 14.8. The lowest BCUT2D eigenvalue weighted by Gasteiger charge is -2.50. The van der Waals surface area contributed by atoms with Gasteiger partial charge in [0.1, 0.15) is 11.6 Å². The highest BCUT2D eigenvalue weighted by atomic mass is 16.1. The van der Waals surface area contributed by atoms with Crippen molar-refractivity contribution >= 4 is 11.6 Å². The van der Waals surface area contributed by atoms with Crippen LogP contribution < -0.4 is 0 Å². The average molecular weight is 469 g/mol. The number of carbonyl (C=O) groups excluding carboxylic acids is 2. The van der Waals surface area contributed by atoms with Crippen molar-refractivity contribution in [2.45, 2.75) is 103 Å². The number of carbonyl (C=O) groups is 2. The van der Waals surface area contributed by atoms with Crippen LogP contribution in [0, 0.1) is 35.5 Å². The van der Waals surface area contributed by atoms with Crippen LogP contribution >= 0.6 is 0 Å². The smallest absolute Gasteiger partial charge is 0.141 e. The molecule has 0 saturated carbocycles. The lowest BCUT2D eigenvalue weighted by Crippen LogP contribution is -2.58. The molecule has 4 nitrogen and oxygen atoms in total. The van der Waals surface area contributed by atoms with Gasteiger partial charge in [-0.1, -0.05) is 45.3 Å². The Kier molecular flexibility index (Phi) is 7.95. The monoisotopic (exact) mass is 468 g/mol. The summed E-state index contributed by atoms with van der Waals surface area (Å²) < 4.78 is 0. The summed E-state index contributed by atoms with van der Waals surface area (Å²) in [6.07, 6.45) is 19.3. The summed E-state index contributed by atoms with van der Waals surface area (Å²) in [5.74, 6) is 3.21. The van der Waals surface area contributed by atoms with E-state index in [2.05, 4.69) is 35.8 Å². The van der Waals surface area contributed by atoms with Crippen LogP contribution in [0.15, 0.2) is 12.2 Å². The van der Waals surface area contributed by atoms with E-state index in [-0.39, 0.29) is 23.7 Å². The Morgan fingerprint density at radius 1 is 0.676 bits per heavy atom. The number of Topliss-reactive ketones (excluding diaryl/α,β-unsaturated/α-hetero) is 2. The zero-order chi connectivity index (χ0) is 23.7. The van der Waals surface area contributed by atoms with Crippen molar-refractivity contribution in [2.75, 3.05) is 26.2 Å².